The van der Waals surface area contributed by atoms with Gasteiger partial charge in [-0.05, 0) is 40.2 Å². The summed E-state index contributed by atoms with van der Waals surface area (Å²) in [6.45, 7) is 13.3. The Balaban J connectivity index is 0.00000218. The molecule has 8 nitrogen and oxygen atoms in total. The first-order valence-electron chi connectivity index (χ1n) is 10.3. The zero-order valence-electron chi connectivity index (χ0n) is 19.0. The lowest BCUT2D eigenvalue weighted by molar-refractivity contribution is 0.0870. The quantitative estimate of drug-likeness (QED) is 0.589. The number of pyridine rings is 1. The Kier molecular flexibility index (Phi) is 11.1. The average Bonchev–Trinajstić information content (AvgIpc) is 2.73. The second-order valence-corrected chi connectivity index (χ2v) is 7.35. The van der Waals surface area contributed by atoms with Crippen LogP contribution in [0.5, 0.6) is 11.6 Å². The minimum absolute atomic E-state index is 0.122. The summed E-state index contributed by atoms with van der Waals surface area (Å²) in [4.78, 5) is 16.7. The standard InChI is InChI=1S/C20H29N3O5.C2H6/c1-15-17(13-22-23(19(15)25)20(2,3)4)28-14-16-6-7-18(21-12-16)27-11-10-26-9-5-8-24;1-2/h6-7,12-13,24H,5,8-11,14H2,1-4H3;1-2H3. The topological polar surface area (TPSA) is 95.7 Å². The molecule has 30 heavy (non-hydrogen) atoms. The number of rotatable bonds is 10. The Hall–Kier alpha value is -2.45. The molecular formula is C22H35N3O5. The van der Waals surface area contributed by atoms with Crippen LogP contribution >= 0.6 is 0 Å². The lowest BCUT2D eigenvalue weighted by atomic mass is 10.1. The molecule has 2 heterocycles. The van der Waals surface area contributed by atoms with Crippen LogP contribution in [0.2, 0.25) is 0 Å². The van der Waals surface area contributed by atoms with Crippen LogP contribution in [0.1, 0.15) is 52.2 Å². The predicted octanol–water partition coefficient (Wildman–Crippen LogP) is 3.08. The van der Waals surface area contributed by atoms with Gasteiger partial charge in [0.2, 0.25) is 5.88 Å². The van der Waals surface area contributed by atoms with Crippen molar-refractivity contribution in [3.8, 4) is 11.6 Å². The maximum Gasteiger partial charge on any atom is 0.273 e. The summed E-state index contributed by atoms with van der Waals surface area (Å²) in [5.41, 5.74) is 0.836. The number of aliphatic hydroxyl groups is 1. The van der Waals surface area contributed by atoms with E-state index in [1.807, 2.05) is 40.7 Å². The highest BCUT2D eigenvalue weighted by Gasteiger charge is 2.18. The molecule has 2 aromatic heterocycles. The number of hydrogen-bond donors (Lipinski definition) is 1. The largest absolute Gasteiger partial charge is 0.487 e. The van der Waals surface area contributed by atoms with E-state index < -0.39 is 0 Å². The van der Waals surface area contributed by atoms with E-state index in [2.05, 4.69) is 10.1 Å². The van der Waals surface area contributed by atoms with Crippen LogP contribution in [-0.4, -0.2) is 46.3 Å². The fourth-order valence-electron chi connectivity index (χ4n) is 2.36. The van der Waals surface area contributed by atoms with E-state index in [0.29, 0.717) is 43.4 Å². The normalized spacial score (nSPS) is 10.9. The summed E-state index contributed by atoms with van der Waals surface area (Å²) in [5.74, 6) is 0.964. The Morgan fingerprint density at radius 2 is 1.80 bits per heavy atom. The lowest BCUT2D eigenvalue weighted by Gasteiger charge is -2.21. The second kappa shape index (κ2) is 13.0. The van der Waals surface area contributed by atoms with Crippen molar-refractivity contribution in [2.24, 2.45) is 0 Å². The molecule has 0 radical (unpaired) electrons. The fourth-order valence-corrected chi connectivity index (χ4v) is 2.36. The van der Waals surface area contributed by atoms with E-state index >= 15 is 0 Å². The molecule has 0 amide bonds. The van der Waals surface area contributed by atoms with Gasteiger partial charge in [0.1, 0.15) is 19.0 Å². The predicted molar refractivity (Wildman–Crippen MR) is 116 cm³/mol. The zero-order chi connectivity index (χ0) is 22.6. The number of hydrogen-bond acceptors (Lipinski definition) is 7. The maximum absolute atomic E-state index is 12.4. The Morgan fingerprint density at radius 1 is 1.07 bits per heavy atom. The Morgan fingerprint density at radius 3 is 2.40 bits per heavy atom. The molecule has 0 saturated carbocycles. The van der Waals surface area contributed by atoms with E-state index in [4.69, 9.17) is 19.3 Å². The molecule has 0 aliphatic carbocycles. The SMILES string of the molecule is CC.Cc1c(OCc2ccc(OCCOCCCO)nc2)cnn(C(C)(C)C)c1=O. The van der Waals surface area contributed by atoms with Gasteiger partial charge in [-0.2, -0.15) is 5.10 Å². The van der Waals surface area contributed by atoms with Crippen LogP contribution in [0.15, 0.2) is 29.3 Å². The Labute approximate surface area is 178 Å². The molecule has 1 N–H and O–H groups in total. The summed E-state index contributed by atoms with van der Waals surface area (Å²) >= 11 is 0. The van der Waals surface area contributed by atoms with Gasteiger partial charge in [0.15, 0.2) is 0 Å². The molecule has 0 spiro atoms. The van der Waals surface area contributed by atoms with Gasteiger partial charge in [0.05, 0.1) is 23.9 Å². The number of ether oxygens (including phenoxy) is 3. The highest BCUT2D eigenvalue weighted by molar-refractivity contribution is 5.27. The minimum Gasteiger partial charge on any atom is -0.487 e. The van der Waals surface area contributed by atoms with Crippen molar-refractivity contribution in [3.05, 3.63) is 46.0 Å². The van der Waals surface area contributed by atoms with Crippen molar-refractivity contribution < 1.29 is 19.3 Å². The van der Waals surface area contributed by atoms with Crippen LogP contribution in [0.25, 0.3) is 0 Å². The first kappa shape index (κ1) is 25.6. The van der Waals surface area contributed by atoms with Gasteiger partial charge < -0.3 is 19.3 Å². The molecule has 0 saturated heterocycles. The highest BCUT2D eigenvalue weighted by Crippen LogP contribution is 2.17. The Bertz CT molecular complexity index is 798. The third kappa shape index (κ3) is 8.12. The zero-order valence-corrected chi connectivity index (χ0v) is 19.0. The summed E-state index contributed by atoms with van der Waals surface area (Å²) in [6, 6.07) is 3.61. The number of aliphatic hydroxyl groups excluding tert-OH is 1. The van der Waals surface area contributed by atoms with Crippen LogP contribution in [0.3, 0.4) is 0 Å². The highest BCUT2D eigenvalue weighted by atomic mass is 16.5. The van der Waals surface area contributed by atoms with E-state index in [9.17, 15) is 4.79 Å². The molecule has 0 aliphatic heterocycles. The van der Waals surface area contributed by atoms with E-state index in [1.54, 1.807) is 25.4 Å². The van der Waals surface area contributed by atoms with Crippen LogP contribution in [-0.2, 0) is 16.9 Å². The molecule has 0 aromatic carbocycles. The van der Waals surface area contributed by atoms with Crippen LogP contribution in [0, 0.1) is 6.92 Å². The molecule has 2 aromatic rings. The first-order valence-corrected chi connectivity index (χ1v) is 10.3. The third-order valence-corrected chi connectivity index (χ3v) is 3.92. The molecule has 0 atom stereocenters. The van der Waals surface area contributed by atoms with E-state index in [0.717, 1.165) is 5.56 Å². The van der Waals surface area contributed by atoms with Crippen molar-refractivity contribution in [2.75, 3.05) is 26.4 Å². The number of nitrogens with zero attached hydrogens (tertiary/aromatic N) is 3. The van der Waals surface area contributed by atoms with Crippen molar-refractivity contribution in [3.63, 3.8) is 0 Å². The smallest absolute Gasteiger partial charge is 0.273 e. The molecule has 2 rings (SSSR count). The molecule has 168 valence electrons. The van der Waals surface area contributed by atoms with Gasteiger partial charge in [-0.1, -0.05) is 13.8 Å². The fraction of sp³-hybridized carbons (Fsp3) is 0.591. The molecular weight excluding hydrogens is 386 g/mol. The van der Waals surface area contributed by atoms with Gasteiger partial charge in [-0.3, -0.25) is 4.79 Å². The van der Waals surface area contributed by atoms with Gasteiger partial charge in [0, 0.05) is 31.0 Å². The monoisotopic (exact) mass is 421 g/mol. The van der Waals surface area contributed by atoms with Crippen molar-refractivity contribution in [2.45, 2.75) is 60.1 Å². The molecule has 0 aliphatic rings. The van der Waals surface area contributed by atoms with E-state index in [1.165, 1.54) is 4.68 Å². The molecule has 0 unspecified atom stereocenters. The van der Waals surface area contributed by atoms with Crippen molar-refractivity contribution >= 4 is 0 Å². The van der Waals surface area contributed by atoms with Crippen LogP contribution in [0.4, 0.5) is 0 Å². The summed E-state index contributed by atoms with van der Waals surface area (Å²) < 4.78 is 18.0. The average molecular weight is 422 g/mol. The molecule has 8 heteroatoms. The second-order valence-electron chi connectivity index (χ2n) is 7.35. The number of aromatic nitrogens is 3. The lowest BCUT2D eigenvalue weighted by Crippen LogP contribution is -2.37. The molecule has 0 bridgehead atoms. The maximum atomic E-state index is 12.4. The van der Waals surface area contributed by atoms with Crippen molar-refractivity contribution in [1.29, 1.82) is 0 Å². The van der Waals surface area contributed by atoms with Gasteiger partial charge in [0.25, 0.3) is 5.56 Å². The summed E-state index contributed by atoms with van der Waals surface area (Å²) in [5, 5.41) is 12.9. The van der Waals surface area contributed by atoms with Gasteiger partial charge in [-0.15, -0.1) is 0 Å². The molecule has 0 fully saturated rings. The van der Waals surface area contributed by atoms with Gasteiger partial charge >= 0.3 is 0 Å². The first-order chi connectivity index (χ1) is 14.3. The van der Waals surface area contributed by atoms with E-state index in [-0.39, 0.29) is 24.3 Å². The van der Waals surface area contributed by atoms with Crippen molar-refractivity contribution in [1.82, 2.24) is 14.8 Å². The summed E-state index contributed by atoms with van der Waals surface area (Å²) in [7, 11) is 0. The summed E-state index contributed by atoms with van der Waals surface area (Å²) in [6.07, 6.45) is 3.86. The van der Waals surface area contributed by atoms with Gasteiger partial charge in [-0.25, -0.2) is 9.67 Å². The minimum atomic E-state index is -0.385. The third-order valence-electron chi connectivity index (χ3n) is 3.92. The van der Waals surface area contributed by atoms with Crippen LogP contribution < -0.4 is 15.0 Å².